The summed E-state index contributed by atoms with van der Waals surface area (Å²) in [5.74, 6) is 0. The van der Waals surface area contributed by atoms with E-state index in [0.717, 1.165) is 26.1 Å². The number of hydrogen-bond donors (Lipinski definition) is 2. The summed E-state index contributed by atoms with van der Waals surface area (Å²) >= 11 is 0. The normalized spacial score (nSPS) is 33.8. The van der Waals surface area contributed by atoms with E-state index in [4.69, 9.17) is 0 Å². The number of rotatable bonds is 2. The molecule has 0 spiro atoms. The summed E-state index contributed by atoms with van der Waals surface area (Å²) in [7, 11) is 0. The third kappa shape index (κ3) is 2.81. The Morgan fingerprint density at radius 2 is 1.83 bits per heavy atom. The number of alkyl halides is 3. The first kappa shape index (κ1) is 14.1. The molecule has 2 heterocycles. The van der Waals surface area contributed by atoms with E-state index in [1.165, 1.54) is 0 Å². The van der Waals surface area contributed by atoms with Crippen molar-refractivity contribution in [2.24, 2.45) is 5.41 Å². The average Bonchev–Trinajstić information content (AvgIpc) is 2.67. The van der Waals surface area contributed by atoms with Gasteiger partial charge in [0.05, 0.1) is 0 Å². The maximum absolute atomic E-state index is 12.7. The molecule has 1 unspecified atom stereocenters. The molecule has 3 nitrogen and oxygen atoms in total. The topological polar surface area (TPSA) is 35.5 Å². The SMILES string of the molecule is CC1(CN2CCC(O)(C(F)(F)F)CC2)CCNC1. The van der Waals surface area contributed by atoms with Gasteiger partial charge in [-0.2, -0.15) is 13.2 Å². The first-order valence-corrected chi connectivity index (χ1v) is 6.46. The fourth-order valence-corrected chi connectivity index (χ4v) is 2.91. The molecule has 18 heavy (non-hydrogen) atoms. The van der Waals surface area contributed by atoms with Gasteiger partial charge < -0.3 is 15.3 Å². The Labute approximate surface area is 105 Å². The van der Waals surface area contributed by atoms with E-state index in [1.807, 2.05) is 4.90 Å². The Kier molecular flexibility index (Phi) is 3.64. The number of nitrogens with zero attached hydrogens (tertiary/aromatic N) is 1. The zero-order chi connectivity index (χ0) is 13.4. The van der Waals surface area contributed by atoms with Crippen LogP contribution in [0.1, 0.15) is 26.2 Å². The van der Waals surface area contributed by atoms with Crippen LogP contribution in [0.4, 0.5) is 13.2 Å². The number of nitrogens with one attached hydrogen (secondary N) is 1. The zero-order valence-electron chi connectivity index (χ0n) is 10.7. The fourth-order valence-electron chi connectivity index (χ4n) is 2.91. The molecule has 106 valence electrons. The molecule has 0 aromatic rings. The van der Waals surface area contributed by atoms with Crippen LogP contribution in [0.25, 0.3) is 0 Å². The van der Waals surface area contributed by atoms with E-state index in [0.29, 0.717) is 13.1 Å². The molecule has 0 amide bonds. The number of piperidine rings is 1. The molecule has 2 fully saturated rings. The first-order chi connectivity index (χ1) is 8.24. The Morgan fingerprint density at radius 3 is 2.28 bits per heavy atom. The lowest BCUT2D eigenvalue weighted by molar-refractivity contribution is -0.273. The second-order valence-corrected chi connectivity index (χ2v) is 6.04. The second kappa shape index (κ2) is 4.65. The summed E-state index contributed by atoms with van der Waals surface area (Å²) in [5.41, 5.74) is -2.31. The van der Waals surface area contributed by atoms with Crippen molar-refractivity contribution in [3.05, 3.63) is 0 Å². The van der Waals surface area contributed by atoms with E-state index in [1.54, 1.807) is 0 Å². The average molecular weight is 266 g/mol. The van der Waals surface area contributed by atoms with Crippen LogP contribution in [0.2, 0.25) is 0 Å². The van der Waals surface area contributed by atoms with Crippen LogP contribution >= 0.6 is 0 Å². The van der Waals surface area contributed by atoms with Gasteiger partial charge in [-0.05, 0) is 31.2 Å². The van der Waals surface area contributed by atoms with Crippen LogP contribution in [-0.2, 0) is 0 Å². The van der Waals surface area contributed by atoms with Gasteiger partial charge in [-0.3, -0.25) is 0 Å². The number of halogens is 3. The molecule has 0 aromatic heterocycles. The highest BCUT2D eigenvalue weighted by atomic mass is 19.4. The van der Waals surface area contributed by atoms with Crippen molar-refractivity contribution in [1.82, 2.24) is 10.2 Å². The summed E-state index contributed by atoms with van der Waals surface area (Å²) in [6.45, 7) is 5.53. The summed E-state index contributed by atoms with van der Waals surface area (Å²) in [6.07, 6.45) is -3.86. The predicted octanol–water partition coefficient (Wildman–Crippen LogP) is 1.38. The molecule has 0 radical (unpaired) electrons. The van der Waals surface area contributed by atoms with Crippen LogP contribution in [-0.4, -0.2) is 54.5 Å². The van der Waals surface area contributed by atoms with Gasteiger partial charge in [0.15, 0.2) is 5.60 Å². The minimum absolute atomic E-state index is 0.160. The van der Waals surface area contributed by atoms with Crippen molar-refractivity contribution >= 4 is 0 Å². The molecule has 2 aliphatic rings. The van der Waals surface area contributed by atoms with Gasteiger partial charge in [-0.15, -0.1) is 0 Å². The van der Waals surface area contributed by atoms with Gasteiger partial charge in [-0.25, -0.2) is 0 Å². The summed E-state index contributed by atoms with van der Waals surface area (Å²) in [6, 6.07) is 0. The molecule has 0 aromatic carbocycles. The largest absolute Gasteiger partial charge is 0.417 e. The third-order valence-corrected chi connectivity index (χ3v) is 4.27. The summed E-state index contributed by atoms with van der Waals surface area (Å²) < 4.78 is 38.0. The first-order valence-electron chi connectivity index (χ1n) is 6.46. The lowest BCUT2D eigenvalue weighted by Crippen LogP contribution is -2.54. The lowest BCUT2D eigenvalue weighted by atomic mass is 9.86. The third-order valence-electron chi connectivity index (χ3n) is 4.27. The number of hydrogen-bond acceptors (Lipinski definition) is 3. The van der Waals surface area contributed by atoms with Crippen molar-refractivity contribution in [3.63, 3.8) is 0 Å². The van der Waals surface area contributed by atoms with Crippen LogP contribution in [0.15, 0.2) is 0 Å². The Balaban J connectivity index is 1.87. The van der Waals surface area contributed by atoms with E-state index < -0.39 is 11.8 Å². The molecule has 0 aliphatic carbocycles. The van der Waals surface area contributed by atoms with Crippen LogP contribution in [0.5, 0.6) is 0 Å². The number of aliphatic hydroxyl groups is 1. The number of likely N-dealkylation sites (tertiary alicyclic amines) is 1. The fraction of sp³-hybridized carbons (Fsp3) is 1.00. The Bertz CT molecular complexity index is 292. The quantitative estimate of drug-likeness (QED) is 0.792. The molecular weight excluding hydrogens is 245 g/mol. The van der Waals surface area contributed by atoms with Crippen molar-refractivity contribution in [3.8, 4) is 0 Å². The molecule has 2 rings (SSSR count). The monoisotopic (exact) mass is 266 g/mol. The highest BCUT2D eigenvalue weighted by molar-refractivity contribution is 4.94. The Hall–Kier alpha value is -0.330. The Morgan fingerprint density at radius 1 is 1.22 bits per heavy atom. The van der Waals surface area contributed by atoms with Gasteiger partial charge in [0.25, 0.3) is 0 Å². The van der Waals surface area contributed by atoms with Crippen molar-refractivity contribution in [2.75, 3.05) is 32.7 Å². The second-order valence-electron chi connectivity index (χ2n) is 6.04. The van der Waals surface area contributed by atoms with Crippen LogP contribution < -0.4 is 5.32 Å². The standard InChI is InChI=1S/C12H21F3N2O/c1-10(2-5-16-8-10)9-17-6-3-11(18,4-7-17)12(13,14)15/h16,18H,2-9H2,1H3. The molecule has 0 saturated carbocycles. The summed E-state index contributed by atoms with van der Waals surface area (Å²) in [4.78, 5) is 2.05. The van der Waals surface area contributed by atoms with Gasteiger partial charge in [0, 0.05) is 26.2 Å². The minimum Gasteiger partial charge on any atom is -0.380 e. The highest BCUT2D eigenvalue weighted by Gasteiger charge is 2.54. The molecular formula is C12H21F3N2O. The smallest absolute Gasteiger partial charge is 0.380 e. The van der Waals surface area contributed by atoms with Crippen molar-refractivity contribution < 1.29 is 18.3 Å². The maximum atomic E-state index is 12.7. The molecule has 0 bridgehead atoms. The van der Waals surface area contributed by atoms with Gasteiger partial charge >= 0.3 is 6.18 Å². The maximum Gasteiger partial charge on any atom is 0.417 e. The van der Waals surface area contributed by atoms with Gasteiger partial charge in [0.1, 0.15) is 0 Å². The molecule has 6 heteroatoms. The minimum atomic E-state index is -4.50. The van der Waals surface area contributed by atoms with E-state index in [9.17, 15) is 18.3 Å². The van der Waals surface area contributed by atoms with Gasteiger partial charge in [0.2, 0.25) is 0 Å². The van der Waals surface area contributed by atoms with Gasteiger partial charge in [-0.1, -0.05) is 6.92 Å². The molecule has 2 N–H and O–H groups in total. The van der Waals surface area contributed by atoms with Crippen LogP contribution in [0, 0.1) is 5.41 Å². The van der Waals surface area contributed by atoms with E-state index >= 15 is 0 Å². The van der Waals surface area contributed by atoms with E-state index in [2.05, 4.69) is 12.2 Å². The molecule has 2 aliphatic heterocycles. The lowest BCUT2D eigenvalue weighted by Gasteiger charge is -2.41. The van der Waals surface area contributed by atoms with Crippen molar-refractivity contribution in [2.45, 2.75) is 38.0 Å². The van der Waals surface area contributed by atoms with Crippen molar-refractivity contribution in [1.29, 1.82) is 0 Å². The predicted molar refractivity (Wildman–Crippen MR) is 62.3 cm³/mol. The van der Waals surface area contributed by atoms with Crippen LogP contribution in [0.3, 0.4) is 0 Å². The molecule has 2 saturated heterocycles. The van der Waals surface area contributed by atoms with E-state index in [-0.39, 0.29) is 18.3 Å². The highest BCUT2D eigenvalue weighted by Crippen LogP contribution is 2.39. The molecule has 1 atom stereocenters. The summed E-state index contributed by atoms with van der Waals surface area (Å²) in [5, 5.41) is 12.9. The zero-order valence-corrected chi connectivity index (χ0v) is 10.7.